The number of nitrogens with zero attached hydrogens (tertiary/aromatic N) is 1. The highest BCUT2D eigenvalue weighted by Crippen LogP contribution is 2.22. The number of halogens is 1. The Labute approximate surface area is 129 Å². The summed E-state index contributed by atoms with van der Waals surface area (Å²) in [5, 5.41) is 3.48. The molecule has 1 aromatic carbocycles. The van der Waals surface area contributed by atoms with Crippen molar-refractivity contribution in [2.45, 2.75) is 18.2 Å². The van der Waals surface area contributed by atoms with E-state index in [1.54, 1.807) is 18.0 Å². The second-order valence-electron chi connectivity index (χ2n) is 3.88. The first-order valence-electron chi connectivity index (χ1n) is 5.74. The molecule has 1 aromatic heterocycles. The maximum Gasteiger partial charge on any atom is 0.226 e. The lowest BCUT2D eigenvalue weighted by molar-refractivity contribution is -0.115. The van der Waals surface area contributed by atoms with E-state index in [9.17, 15) is 4.79 Å². The van der Waals surface area contributed by atoms with E-state index in [1.807, 2.05) is 31.2 Å². The van der Waals surface area contributed by atoms with Gasteiger partial charge in [-0.25, -0.2) is 4.98 Å². The minimum Gasteiger partial charge on any atom is -0.302 e. The number of hydrogen-bond donors (Lipinski definition) is 1. The van der Waals surface area contributed by atoms with E-state index in [-0.39, 0.29) is 5.91 Å². The molecule has 100 valence electrons. The third-order valence-electron chi connectivity index (χ3n) is 2.28. The van der Waals surface area contributed by atoms with Gasteiger partial charge < -0.3 is 5.32 Å². The van der Waals surface area contributed by atoms with E-state index in [0.717, 1.165) is 15.1 Å². The maximum atomic E-state index is 11.7. The van der Waals surface area contributed by atoms with Crippen LogP contribution in [0.25, 0.3) is 0 Å². The van der Waals surface area contributed by atoms with Gasteiger partial charge in [-0.3, -0.25) is 4.79 Å². The van der Waals surface area contributed by atoms with Crippen molar-refractivity contribution in [3.05, 3.63) is 39.8 Å². The van der Waals surface area contributed by atoms with Gasteiger partial charge in [0.15, 0.2) is 5.13 Å². The average molecular weight is 357 g/mol. The molecule has 1 heterocycles. The van der Waals surface area contributed by atoms with Crippen molar-refractivity contribution >= 4 is 50.1 Å². The fourth-order valence-electron chi connectivity index (χ4n) is 1.39. The zero-order valence-electron chi connectivity index (χ0n) is 10.4. The molecule has 0 spiro atoms. The van der Waals surface area contributed by atoms with Crippen LogP contribution in [0.15, 0.2) is 39.8 Å². The molecule has 19 heavy (non-hydrogen) atoms. The number of carbonyl (C=O) groups is 1. The third kappa shape index (κ3) is 4.97. The average Bonchev–Trinajstić information content (AvgIpc) is 2.77. The van der Waals surface area contributed by atoms with Crippen molar-refractivity contribution in [3.8, 4) is 0 Å². The second-order valence-corrected chi connectivity index (χ2v) is 7.20. The van der Waals surface area contributed by atoms with Crippen LogP contribution in [0.5, 0.6) is 0 Å². The number of nitrogens with one attached hydrogen (secondary N) is 1. The van der Waals surface area contributed by atoms with Gasteiger partial charge in [-0.1, -0.05) is 15.9 Å². The van der Waals surface area contributed by atoms with E-state index in [1.165, 1.54) is 16.2 Å². The van der Waals surface area contributed by atoms with Crippen LogP contribution in [0.1, 0.15) is 11.3 Å². The number of thiazole rings is 1. The minimum atomic E-state index is 0.0129. The first-order chi connectivity index (χ1) is 9.13. The van der Waals surface area contributed by atoms with Crippen LogP contribution >= 0.6 is 39.0 Å². The number of rotatable bonds is 5. The molecule has 2 aromatic rings. The Balaban J connectivity index is 1.73. The molecular weight excluding hydrogens is 344 g/mol. The quantitative estimate of drug-likeness (QED) is 0.810. The summed E-state index contributed by atoms with van der Waals surface area (Å²) in [5.74, 6) is 0.775. The number of hydrogen-bond acceptors (Lipinski definition) is 4. The number of amides is 1. The van der Waals surface area contributed by atoms with Gasteiger partial charge in [-0.05, 0) is 31.2 Å². The molecule has 0 radical (unpaired) electrons. The van der Waals surface area contributed by atoms with Crippen molar-refractivity contribution in [1.82, 2.24) is 4.98 Å². The second kappa shape index (κ2) is 7.07. The minimum absolute atomic E-state index is 0.0129. The lowest BCUT2D eigenvalue weighted by Gasteiger charge is -2.02. The number of aryl methyl sites for hydroxylation is 1. The van der Waals surface area contributed by atoms with Gasteiger partial charge in [0.25, 0.3) is 0 Å². The Bertz CT molecular complexity index is 554. The summed E-state index contributed by atoms with van der Waals surface area (Å²) in [4.78, 5) is 18.1. The Kier molecular flexibility index (Phi) is 5.42. The number of carbonyl (C=O) groups excluding carboxylic acids is 1. The normalized spacial score (nSPS) is 10.4. The van der Waals surface area contributed by atoms with E-state index < -0.39 is 0 Å². The van der Waals surface area contributed by atoms with Crippen LogP contribution < -0.4 is 5.32 Å². The van der Waals surface area contributed by atoms with Crippen molar-refractivity contribution in [2.75, 3.05) is 11.1 Å². The van der Waals surface area contributed by atoms with E-state index in [2.05, 4.69) is 26.2 Å². The summed E-state index contributed by atoms with van der Waals surface area (Å²) in [6.07, 6.45) is 2.25. The predicted molar refractivity (Wildman–Crippen MR) is 85.0 cm³/mol. The molecule has 1 amide bonds. The SMILES string of the molecule is Cc1cnc(NC(=O)CCSc2ccc(Br)cc2)s1. The standard InChI is InChI=1S/C13H13BrN2OS2/c1-9-8-15-13(19-9)16-12(17)6-7-18-11-4-2-10(14)3-5-11/h2-5,8H,6-7H2,1H3,(H,15,16,17). The summed E-state index contributed by atoms with van der Waals surface area (Å²) >= 11 is 6.56. The van der Waals surface area contributed by atoms with Gasteiger partial charge in [0.2, 0.25) is 5.91 Å². The van der Waals surface area contributed by atoms with Crippen LogP contribution in [-0.4, -0.2) is 16.6 Å². The zero-order valence-corrected chi connectivity index (χ0v) is 13.6. The highest BCUT2D eigenvalue weighted by Gasteiger charge is 2.05. The van der Waals surface area contributed by atoms with Crippen LogP contribution in [-0.2, 0) is 4.79 Å². The molecule has 0 aliphatic rings. The monoisotopic (exact) mass is 356 g/mol. The smallest absolute Gasteiger partial charge is 0.226 e. The van der Waals surface area contributed by atoms with Crippen molar-refractivity contribution in [3.63, 3.8) is 0 Å². The van der Waals surface area contributed by atoms with E-state index in [4.69, 9.17) is 0 Å². The molecule has 1 N–H and O–H groups in total. The van der Waals surface area contributed by atoms with Gasteiger partial charge >= 0.3 is 0 Å². The van der Waals surface area contributed by atoms with E-state index >= 15 is 0 Å². The third-order valence-corrected chi connectivity index (χ3v) is 4.65. The van der Waals surface area contributed by atoms with Crippen molar-refractivity contribution < 1.29 is 4.79 Å². The Hall–Kier alpha value is -0.850. The maximum absolute atomic E-state index is 11.7. The Morgan fingerprint density at radius 3 is 2.79 bits per heavy atom. The largest absolute Gasteiger partial charge is 0.302 e. The molecule has 0 fully saturated rings. The molecule has 0 unspecified atom stereocenters. The molecule has 0 atom stereocenters. The summed E-state index contributed by atoms with van der Waals surface area (Å²) < 4.78 is 1.06. The number of anilines is 1. The lowest BCUT2D eigenvalue weighted by atomic mass is 10.4. The number of aromatic nitrogens is 1. The molecule has 0 saturated carbocycles. The molecule has 0 saturated heterocycles. The van der Waals surface area contributed by atoms with Crippen LogP contribution in [0, 0.1) is 6.92 Å². The first kappa shape index (κ1) is 14.6. The predicted octanol–water partition coefficient (Wildman–Crippen LogP) is 4.33. The van der Waals surface area contributed by atoms with Crippen LogP contribution in [0.2, 0.25) is 0 Å². The zero-order chi connectivity index (χ0) is 13.7. The van der Waals surface area contributed by atoms with Crippen molar-refractivity contribution in [1.29, 1.82) is 0 Å². The van der Waals surface area contributed by atoms with Gasteiger partial charge in [0, 0.05) is 32.6 Å². The molecule has 3 nitrogen and oxygen atoms in total. The summed E-state index contributed by atoms with van der Waals surface area (Å²) in [7, 11) is 0. The van der Waals surface area contributed by atoms with Crippen LogP contribution in [0.3, 0.4) is 0 Å². The van der Waals surface area contributed by atoms with Crippen molar-refractivity contribution in [2.24, 2.45) is 0 Å². The molecule has 0 bridgehead atoms. The highest BCUT2D eigenvalue weighted by atomic mass is 79.9. The fourth-order valence-corrected chi connectivity index (χ4v) is 3.18. The van der Waals surface area contributed by atoms with Gasteiger partial charge in [0.1, 0.15) is 0 Å². The molecule has 2 rings (SSSR count). The van der Waals surface area contributed by atoms with E-state index in [0.29, 0.717) is 11.6 Å². The fraction of sp³-hybridized carbons (Fsp3) is 0.231. The topological polar surface area (TPSA) is 42.0 Å². The Morgan fingerprint density at radius 1 is 1.42 bits per heavy atom. The van der Waals surface area contributed by atoms with Gasteiger partial charge in [-0.2, -0.15) is 0 Å². The number of thioether (sulfide) groups is 1. The Morgan fingerprint density at radius 2 is 2.16 bits per heavy atom. The number of benzene rings is 1. The highest BCUT2D eigenvalue weighted by molar-refractivity contribution is 9.10. The molecular formula is C13H13BrN2OS2. The van der Waals surface area contributed by atoms with Gasteiger partial charge in [-0.15, -0.1) is 23.1 Å². The van der Waals surface area contributed by atoms with Crippen LogP contribution in [0.4, 0.5) is 5.13 Å². The summed E-state index contributed by atoms with van der Waals surface area (Å²) in [5.41, 5.74) is 0. The molecule has 6 heteroatoms. The first-order valence-corrected chi connectivity index (χ1v) is 8.33. The molecule has 0 aliphatic carbocycles. The summed E-state index contributed by atoms with van der Waals surface area (Å²) in [6.45, 7) is 1.97. The lowest BCUT2D eigenvalue weighted by Crippen LogP contribution is -2.11. The summed E-state index contributed by atoms with van der Waals surface area (Å²) in [6, 6.07) is 8.08. The van der Waals surface area contributed by atoms with Gasteiger partial charge in [0.05, 0.1) is 0 Å². The molecule has 0 aliphatic heterocycles.